The summed E-state index contributed by atoms with van der Waals surface area (Å²) in [6.45, 7) is 9.66. The predicted molar refractivity (Wildman–Crippen MR) is 78.2 cm³/mol. The van der Waals surface area contributed by atoms with E-state index in [1.807, 2.05) is 12.1 Å². The molecule has 0 aromatic heterocycles. The van der Waals surface area contributed by atoms with Crippen molar-refractivity contribution in [1.29, 1.82) is 0 Å². The van der Waals surface area contributed by atoms with Crippen LogP contribution in [0.25, 0.3) is 0 Å². The highest BCUT2D eigenvalue weighted by Crippen LogP contribution is 2.34. The number of hydrogen-bond acceptors (Lipinski definition) is 3. The molecule has 0 saturated carbocycles. The largest absolute Gasteiger partial charge is 0.497 e. The summed E-state index contributed by atoms with van der Waals surface area (Å²) >= 11 is 0. The van der Waals surface area contributed by atoms with E-state index in [0.717, 1.165) is 43.5 Å². The smallest absolute Gasteiger partial charge is 0.123 e. The number of ether oxygens (including phenoxy) is 2. The van der Waals surface area contributed by atoms with E-state index in [2.05, 4.69) is 32.2 Å². The summed E-state index contributed by atoms with van der Waals surface area (Å²) in [6, 6.07) is 6.08. The summed E-state index contributed by atoms with van der Waals surface area (Å²) in [6.07, 6.45) is 1.13. The molecule has 1 N–H and O–H groups in total. The average Bonchev–Trinajstić information content (AvgIpc) is 2.31. The Bertz CT molecular complexity index is 419. The molecule has 1 saturated heterocycles. The van der Waals surface area contributed by atoms with Crippen molar-refractivity contribution in [3.63, 3.8) is 0 Å². The van der Waals surface area contributed by atoms with E-state index < -0.39 is 0 Å². The summed E-state index contributed by atoms with van der Waals surface area (Å²) in [5.41, 5.74) is 1.26. The van der Waals surface area contributed by atoms with Gasteiger partial charge >= 0.3 is 0 Å². The van der Waals surface area contributed by atoms with E-state index in [9.17, 15) is 0 Å². The van der Waals surface area contributed by atoms with Crippen LogP contribution < -0.4 is 14.8 Å². The van der Waals surface area contributed by atoms with Crippen LogP contribution in [0.15, 0.2) is 18.2 Å². The molecule has 0 bridgehead atoms. The zero-order valence-corrected chi connectivity index (χ0v) is 12.5. The van der Waals surface area contributed by atoms with Gasteiger partial charge in [0.2, 0.25) is 0 Å². The standard InChI is InChI=1S/C16H25NO2/c1-16(2,3)14-9-13(18-4)5-6-15(14)19-8-7-12-10-17-11-12/h5-6,9,12,17H,7-8,10-11H2,1-4H3. The maximum atomic E-state index is 5.99. The van der Waals surface area contributed by atoms with Gasteiger partial charge in [0, 0.05) is 5.56 Å². The van der Waals surface area contributed by atoms with E-state index in [1.165, 1.54) is 5.56 Å². The first-order valence-corrected chi connectivity index (χ1v) is 7.03. The molecule has 3 heteroatoms. The third-order valence-electron chi connectivity index (χ3n) is 3.64. The van der Waals surface area contributed by atoms with Crippen LogP contribution in [0.5, 0.6) is 11.5 Å². The third kappa shape index (κ3) is 3.63. The Hall–Kier alpha value is -1.22. The van der Waals surface area contributed by atoms with Crippen molar-refractivity contribution in [2.24, 2.45) is 5.92 Å². The van der Waals surface area contributed by atoms with Crippen molar-refractivity contribution in [3.8, 4) is 11.5 Å². The van der Waals surface area contributed by atoms with Gasteiger partial charge in [0.05, 0.1) is 13.7 Å². The lowest BCUT2D eigenvalue weighted by Crippen LogP contribution is -2.42. The lowest BCUT2D eigenvalue weighted by molar-refractivity contribution is 0.235. The molecule has 0 spiro atoms. The predicted octanol–water partition coefficient (Wildman–Crippen LogP) is 2.98. The molecule has 0 atom stereocenters. The Kier molecular flexibility index (Phi) is 4.35. The fourth-order valence-electron chi connectivity index (χ4n) is 2.24. The van der Waals surface area contributed by atoms with Crippen LogP contribution in [-0.2, 0) is 5.41 Å². The van der Waals surface area contributed by atoms with Gasteiger partial charge in [0.1, 0.15) is 11.5 Å². The Morgan fingerprint density at radius 1 is 1.26 bits per heavy atom. The Labute approximate surface area is 116 Å². The molecular weight excluding hydrogens is 238 g/mol. The summed E-state index contributed by atoms with van der Waals surface area (Å²) in [7, 11) is 1.70. The number of benzene rings is 1. The topological polar surface area (TPSA) is 30.5 Å². The van der Waals surface area contributed by atoms with Crippen LogP contribution in [0.1, 0.15) is 32.8 Å². The molecule has 19 heavy (non-hydrogen) atoms. The van der Waals surface area contributed by atoms with Gasteiger partial charge in [-0.1, -0.05) is 20.8 Å². The fraction of sp³-hybridized carbons (Fsp3) is 0.625. The second-order valence-corrected chi connectivity index (χ2v) is 6.27. The first-order valence-electron chi connectivity index (χ1n) is 7.03. The molecule has 1 aromatic carbocycles. The summed E-state index contributed by atoms with van der Waals surface area (Å²) in [5, 5.41) is 3.29. The van der Waals surface area contributed by atoms with Crippen molar-refractivity contribution in [2.45, 2.75) is 32.6 Å². The van der Waals surface area contributed by atoms with Crippen molar-refractivity contribution in [1.82, 2.24) is 5.32 Å². The highest BCUT2D eigenvalue weighted by Gasteiger charge is 2.21. The molecule has 106 valence electrons. The number of rotatable bonds is 5. The molecule has 3 nitrogen and oxygen atoms in total. The Morgan fingerprint density at radius 2 is 2.00 bits per heavy atom. The molecule has 0 aliphatic carbocycles. The molecule has 2 rings (SSSR count). The van der Waals surface area contributed by atoms with E-state index in [1.54, 1.807) is 7.11 Å². The average molecular weight is 263 g/mol. The molecule has 1 aromatic rings. The molecule has 0 radical (unpaired) electrons. The minimum absolute atomic E-state index is 0.0574. The molecule has 0 unspecified atom stereocenters. The summed E-state index contributed by atoms with van der Waals surface area (Å²) in [4.78, 5) is 0. The van der Waals surface area contributed by atoms with Crippen LogP contribution in [0.4, 0.5) is 0 Å². The highest BCUT2D eigenvalue weighted by molar-refractivity contribution is 5.44. The fourth-order valence-corrected chi connectivity index (χ4v) is 2.24. The zero-order valence-electron chi connectivity index (χ0n) is 12.5. The molecule has 1 aliphatic rings. The van der Waals surface area contributed by atoms with Gasteiger partial charge in [-0.05, 0) is 49.0 Å². The van der Waals surface area contributed by atoms with Gasteiger partial charge in [-0.3, -0.25) is 0 Å². The van der Waals surface area contributed by atoms with Crippen molar-refractivity contribution < 1.29 is 9.47 Å². The molecule has 1 fully saturated rings. The van der Waals surface area contributed by atoms with Crippen molar-refractivity contribution in [3.05, 3.63) is 23.8 Å². The van der Waals surface area contributed by atoms with Crippen LogP contribution in [0.3, 0.4) is 0 Å². The minimum Gasteiger partial charge on any atom is -0.497 e. The van der Waals surface area contributed by atoms with Gasteiger partial charge in [-0.25, -0.2) is 0 Å². The SMILES string of the molecule is COc1ccc(OCCC2CNC2)c(C(C)(C)C)c1. The molecule has 1 aliphatic heterocycles. The number of nitrogens with one attached hydrogen (secondary N) is 1. The molecule has 1 heterocycles. The van der Waals surface area contributed by atoms with E-state index in [-0.39, 0.29) is 5.41 Å². The van der Waals surface area contributed by atoms with Gasteiger partial charge in [-0.15, -0.1) is 0 Å². The Morgan fingerprint density at radius 3 is 2.53 bits per heavy atom. The van der Waals surface area contributed by atoms with Crippen molar-refractivity contribution >= 4 is 0 Å². The number of methoxy groups -OCH3 is 1. The van der Waals surface area contributed by atoms with Gasteiger partial charge < -0.3 is 14.8 Å². The van der Waals surface area contributed by atoms with Crippen LogP contribution in [-0.4, -0.2) is 26.8 Å². The van der Waals surface area contributed by atoms with Gasteiger partial charge in [0.15, 0.2) is 0 Å². The normalized spacial score (nSPS) is 16.0. The zero-order chi connectivity index (χ0) is 13.9. The number of hydrogen-bond donors (Lipinski definition) is 1. The van der Waals surface area contributed by atoms with E-state index in [0.29, 0.717) is 0 Å². The monoisotopic (exact) mass is 263 g/mol. The van der Waals surface area contributed by atoms with Crippen LogP contribution in [0.2, 0.25) is 0 Å². The quantitative estimate of drug-likeness (QED) is 0.886. The molecular formula is C16H25NO2. The highest BCUT2D eigenvalue weighted by atomic mass is 16.5. The summed E-state index contributed by atoms with van der Waals surface area (Å²) in [5.74, 6) is 2.66. The van der Waals surface area contributed by atoms with Crippen LogP contribution >= 0.6 is 0 Å². The maximum Gasteiger partial charge on any atom is 0.123 e. The van der Waals surface area contributed by atoms with Gasteiger partial charge in [0.25, 0.3) is 0 Å². The summed E-state index contributed by atoms with van der Waals surface area (Å²) < 4.78 is 11.3. The minimum atomic E-state index is 0.0574. The molecule has 0 amide bonds. The lowest BCUT2D eigenvalue weighted by atomic mass is 9.86. The second kappa shape index (κ2) is 5.83. The Balaban J connectivity index is 2.04. The second-order valence-electron chi connectivity index (χ2n) is 6.27. The van der Waals surface area contributed by atoms with E-state index >= 15 is 0 Å². The first-order chi connectivity index (χ1) is 9.00. The van der Waals surface area contributed by atoms with Crippen LogP contribution in [0, 0.1) is 5.92 Å². The third-order valence-corrected chi connectivity index (χ3v) is 3.64. The lowest BCUT2D eigenvalue weighted by Gasteiger charge is -2.28. The van der Waals surface area contributed by atoms with E-state index in [4.69, 9.17) is 9.47 Å². The maximum absolute atomic E-state index is 5.99. The van der Waals surface area contributed by atoms with Gasteiger partial charge in [-0.2, -0.15) is 0 Å². The first kappa shape index (κ1) is 14.2. The van der Waals surface area contributed by atoms with Crippen molar-refractivity contribution in [2.75, 3.05) is 26.8 Å².